The van der Waals surface area contributed by atoms with Crippen LogP contribution in [-0.2, 0) is 0 Å². The smallest absolute Gasteiger partial charge is 0.335 e. The fraction of sp³-hybridized carbons (Fsp3) is 0.364. The molecule has 0 fully saturated rings. The molecule has 0 aliphatic carbocycles. The van der Waals surface area contributed by atoms with Gasteiger partial charge in [-0.25, -0.2) is 9.18 Å². The number of hydrogen-bond acceptors (Lipinski definition) is 1. The SMILES string of the molecule is CC(C)C(F)c1cccc(C(=O)O)c1. The summed E-state index contributed by atoms with van der Waals surface area (Å²) in [6, 6.07) is 6.01. The van der Waals surface area contributed by atoms with E-state index in [0.29, 0.717) is 5.56 Å². The first-order valence-corrected chi connectivity index (χ1v) is 4.49. The molecule has 0 aliphatic heterocycles. The van der Waals surface area contributed by atoms with Crippen LogP contribution in [0.4, 0.5) is 4.39 Å². The van der Waals surface area contributed by atoms with Crippen LogP contribution in [0.25, 0.3) is 0 Å². The first-order valence-electron chi connectivity index (χ1n) is 4.49. The first-order chi connectivity index (χ1) is 6.52. The second-order valence-corrected chi connectivity index (χ2v) is 3.58. The Morgan fingerprint density at radius 2 is 2.07 bits per heavy atom. The van der Waals surface area contributed by atoms with Crippen molar-refractivity contribution < 1.29 is 14.3 Å². The molecule has 14 heavy (non-hydrogen) atoms. The highest BCUT2D eigenvalue weighted by atomic mass is 19.1. The fourth-order valence-electron chi connectivity index (χ4n) is 1.23. The Bertz CT molecular complexity index is 334. The summed E-state index contributed by atoms with van der Waals surface area (Å²) in [5.74, 6) is -1.16. The number of aromatic carboxylic acids is 1. The van der Waals surface area contributed by atoms with Crippen LogP contribution in [0.2, 0.25) is 0 Å². The van der Waals surface area contributed by atoms with E-state index >= 15 is 0 Å². The number of alkyl halides is 1. The van der Waals surface area contributed by atoms with Gasteiger partial charge >= 0.3 is 5.97 Å². The monoisotopic (exact) mass is 196 g/mol. The van der Waals surface area contributed by atoms with Gasteiger partial charge < -0.3 is 5.11 Å². The summed E-state index contributed by atoms with van der Waals surface area (Å²) < 4.78 is 13.5. The Kier molecular flexibility index (Phi) is 3.23. The third kappa shape index (κ3) is 2.31. The molecule has 0 aromatic heterocycles. The zero-order chi connectivity index (χ0) is 10.7. The van der Waals surface area contributed by atoms with Gasteiger partial charge in [-0.05, 0) is 23.6 Å². The second kappa shape index (κ2) is 4.22. The maximum absolute atomic E-state index is 13.5. The lowest BCUT2D eigenvalue weighted by molar-refractivity contribution is 0.0696. The van der Waals surface area contributed by atoms with Crippen molar-refractivity contribution in [3.63, 3.8) is 0 Å². The molecule has 0 saturated carbocycles. The highest BCUT2D eigenvalue weighted by Crippen LogP contribution is 2.26. The van der Waals surface area contributed by atoms with Crippen LogP contribution in [0, 0.1) is 5.92 Å². The number of carboxylic acids is 1. The standard InChI is InChI=1S/C11H13FO2/c1-7(2)10(12)8-4-3-5-9(6-8)11(13)14/h3-7,10H,1-2H3,(H,13,14). The molecule has 1 rings (SSSR count). The van der Waals surface area contributed by atoms with Crippen molar-refractivity contribution in [2.75, 3.05) is 0 Å². The summed E-state index contributed by atoms with van der Waals surface area (Å²) in [6.45, 7) is 3.52. The van der Waals surface area contributed by atoms with Gasteiger partial charge in [-0.2, -0.15) is 0 Å². The molecule has 1 aromatic rings. The topological polar surface area (TPSA) is 37.3 Å². The normalized spacial score (nSPS) is 12.9. The minimum Gasteiger partial charge on any atom is -0.478 e. The van der Waals surface area contributed by atoms with Crippen LogP contribution in [0.1, 0.15) is 35.9 Å². The van der Waals surface area contributed by atoms with Crippen molar-refractivity contribution in [2.24, 2.45) is 5.92 Å². The Labute approximate surface area is 82.4 Å². The van der Waals surface area contributed by atoms with Crippen molar-refractivity contribution in [3.8, 4) is 0 Å². The predicted molar refractivity (Wildman–Crippen MR) is 52.1 cm³/mol. The van der Waals surface area contributed by atoms with Gasteiger partial charge in [0.15, 0.2) is 0 Å². The molecule has 76 valence electrons. The van der Waals surface area contributed by atoms with E-state index in [9.17, 15) is 9.18 Å². The minimum atomic E-state index is -1.10. The average Bonchev–Trinajstić information content (AvgIpc) is 2.16. The van der Waals surface area contributed by atoms with E-state index in [1.54, 1.807) is 26.0 Å². The molecule has 2 nitrogen and oxygen atoms in total. The van der Waals surface area contributed by atoms with E-state index < -0.39 is 12.1 Å². The molecule has 3 heteroatoms. The third-order valence-corrected chi connectivity index (χ3v) is 2.04. The fourth-order valence-corrected chi connectivity index (χ4v) is 1.23. The van der Waals surface area contributed by atoms with Crippen molar-refractivity contribution in [1.29, 1.82) is 0 Å². The predicted octanol–water partition coefficient (Wildman–Crippen LogP) is 3.05. The Hall–Kier alpha value is -1.38. The van der Waals surface area contributed by atoms with Gasteiger partial charge in [-0.15, -0.1) is 0 Å². The lowest BCUT2D eigenvalue weighted by Crippen LogP contribution is -2.03. The summed E-state index contributed by atoms with van der Waals surface area (Å²) in [6.07, 6.45) is -1.10. The van der Waals surface area contributed by atoms with Gasteiger partial charge in [-0.3, -0.25) is 0 Å². The lowest BCUT2D eigenvalue weighted by atomic mass is 9.99. The molecule has 0 amide bonds. The van der Waals surface area contributed by atoms with Crippen molar-refractivity contribution in [3.05, 3.63) is 35.4 Å². The molecule has 0 spiro atoms. The molecular formula is C11H13FO2. The van der Waals surface area contributed by atoms with Crippen molar-refractivity contribution >= 4 is 5.97 Å². The largest absolute Gasteiger partial charge is 0.478 e. The molecule has 0 bridgehead atoms. The van der Waals surface area contributed by atoms with E-state index in [-0.39, 0.29) is 11.5 Å². The van der Waals surface area contributed by atoms with Crippen molar-refractivity contribution in [2.45, 2.75) is 20.0 Å². The van der Waals surface area contributed by atoms with Gasteiger partial charge in [0.2, 0.25) is 0 Å². The van der Waals surface area contributed by atoms with Gasteiger partial charge in [0.1, 0.15) is 6.17 Å². The molecule has 0 radical (unpaired) electrons. The number of carboxylic acid groups (broad SMARTS) is 1. The molecule has 1 unspecified atom stereocenters. The molecule has 0 aliphatic rings. The van der Waals surface area contributed by atoms with E-state index in [1.807, 2.05) is 0 Å². The summed E-state index contributed by atoms with van der Waals surface area (Å²) in [7, 11) is 0. The zero-order valence-corrected chi connectivity index (χ0v) is 8.20. The number of rotatable bonds is 3. The van der Waals surface area contributed by atoms with Crippen LogP contribution in [0.3, 0.4) is 0 Å². The molecule has 1 atom stereocenters. The summed E-state index contributed by atoms with van der Waals surface area (Å²) in [5.41, 5.74) is 0.561. The van der Waals surface area contributed by atoms with Crippen LogP contribution >= 0.6 is 0 Å². The first kappa shape index (κ1) is 10.7. The highest BCUT2D eigenvalue weighted by Gasteiger charge is 2.15. The van der Waals surface area contributed by atoms with Crippen LogP contribution in [-0.4, -0.2) is 11.1 Å². The molecule has 0 heterocycles. The van der Waals surface area contributed by atoms with E-state index in [4.69, 9.17) is 5.11 Å². The number of hydrogen-bond donors (Lipinski definition) is 1. The Morgan fingerprint density at radius 1 is 1.43 bits per heavy atom. The summed E-state index contributed by atoms with van der Waals surface area (Å²) in [5, 5.41) is 8.71. The van der Waals surface area contributed by atoms with E-state index in [1.165, 1.54) is 12.1 Å². The minimum absolute atomic E-state index is 0.130. The van der Waals surface area contributed by atoms with Crippen molar-refractivity contribution in [1.82, 2.24) is 0 Å². The number of carbonyl (C=O) groups is 1. The molecular weight excluding hydrogens is 183 g/mol. The molecule has 1 N–H and O–H groups in total. The van der Waals surface area contributed by atoms with Crippen LogP contribution in [0.15, 0.2) is 24.3 Å². The quantitative estimate of drug-likeness (QED) is 0.806. The Balaban J connectivity index is 2.99. The Morgan fingerprint density at radius 3 is 2.57 bits per heavy atom. The van der Waals surface area contributed by atoms with Gasteiger partial charge in [0.05, 0.1) is 5.56 Å². The second-order valence-electron chi connectivity index (χ2n) is 3.58. The summed E-state index contributed by atoms with van der Waals surface area (Å²) >= 11 is 0. The maximum Gasteiger partial charge on any atom is 0.335 e. The average molecular weight is 196 g/mol. The molecule has 1 aromatic carbocycles. The highest BCUT2D eigenvalue weighted by molar-refractivity contribution is 5.87. The maximum atomic E-state index is 13.5. The number of halogens is 1. The third-order valence-electron chi connectivity index (χ3n) is 2.04. The van der Waals surface area contributed by atoms with E-state index in [2.05, 4.69) is 0 Å². The number of benzene rings is 1. The van der Waals surface area contributed by atoms with Crippen LogP contribution in [0.5, 0.6) is 0 Å². The lowest BCUT2D eigenvalue weighted by Gasteiger charge is -2.12. The molecule has 0 saturated heterocycles. The van der Waals surface area contributed by atoms with Gasteiger partial charge in [0.25, 0.3) is 0 Å². The summed E-state index contributed by atoms with van der Waals surface area (Å²) in [4.78, 5) is 10.6. The zero-order valence-electron chi connectivity index (χ0n) is 8.20. The van der Waals surface area contributed by atoms with Gasteiger partial charge in [0, 0.05) is 0 Å². The van der Waals surface area contributed by atoms with Gasteiger partial charge in [-0.1, -0.05) is 26.0 Å². The van der Waals surface area contributed by atoms with E-state index in [0.717, 1.165) is 0 Å². The van der Waals surface area contributed by atoms with Crippen LogP contribution < -0.4 is 0 Å².